The Hall–Kier alpha value is -3.59. The highest BCUT2D eigenvalue weighted by Crippen LogP contribution is 2.22. The second kappa shape index (κ2) is 11.0. The van der Waals surface area contributed by atoms with Gasteiger partial charge < -0.3 is 9.72 Å². The predicted molar refractivity (Wildman–Crippen MR) is 126 cm³/mol. The zero-order valence-corrected chi connectivity index (χ0v) is 19.2. The van der Waals surface area contributed by atoms with E-state index in [4.69, 9.17) is 9.72 Å². The van der Waals surface area contributed by atoms with E-state index in [9.17, 15) is 13.6 Å². The topological polar surface area (TPSA) is 80.8 Å². The molecular weight excluding hydrogens is 458 g/mol. The number of halogens is 2. The van der Waals surface area contributed by atoms with Gasteiger partial charge in [-0.3, -0.25) is 4.79 Å². The summed E-state index contributed by atoms with van der Waals surface area (Å²) in [7, 11) is 1.49. The number of thioether (sulfide) groups is 1. The SMILES string of the molecule is COc1ncc(Cc2c(CCc3ccccc3)nc(SCc3ccc(F)c(F)c3)[nH]c2=O)cn1. The number of ether oxygens (including phenoxy) is 1. The Labute approximate surface area is 199 Å². The molecule has 2 heterocycles. The molecule has 1 N–H and O–H groups in total. The fourth-order valence-corrected chi connectivity index (χ4v) is 4.23. The summed E-state index contributed by atoms with van der Waals surface area (Å²) in [5.41, 5.74) is 3.46. The van der Waals surface area contributed by atoms with Crippen molar-refractivity contribution in [2.45, 2.75) is 30.2 Å². The minimum atomic E-state index is -0.903. The molecule has 0 fully saturated rings. The van der Waals surface area contributed by atoms with E-state index in [0.717, 1.165) is 29.7 Å². The van der Waals surface area contributed by atoms with Crippen molar-refractivity contribution in [3.8, 4) is 6.01 Å². The van der Waals surface area contributed by atoms with Gasteiger partial charge in [0.15, 0.2) is 16.8 Å². The third-order valence-corrected chi connectivity index (χ3v) is 6.12. The number of hydrogen-bond donors (Lipinski definition) is 1. The molecule has 0 bridgehead atoms. The van der Waals surface area contributed by atoms with Gasteiger partial charge in [-0.2, -0.15) is 0 Å². The van der Waals surface area contributed by atoms with E-state index in [2.05, 4.69) is 15.0 Å². The van der Waals surface area contributed by atoms with Crippen molar-refractivity contribution in [2.24, 2.45) is 0 Å². The smallest absolute Gasteiger partial charge is 0.316 e. The molecule has 0 amide bonds. The van der Waals surface area contributed by atoms with Gasteiger partial charge in [0.2, 0.25) is 0 Å². The number of aryl methyl sites for hydroxylation is 2. The van der Waals surface area contributed by atoms with Gasteiger partial charge in [-0.15, -0.1) is 0 Å². The van der Waals surface area contributed by atoms with E-state index in [1.54, 1.807) is 12.4 Å². The molecule has 0 aliphatic heterocycles. The molecule has 9 heteroatoms. The van der Waals surface area contributed by atoms with Crippen LogP contribution in [0, 0.1) is 11.6 Å². The van der Waals surface area contributed by atoms with Crippen LogP contribution in [0.4, 0.5) is 8.78 Å². The number of aromatic nitrogens is 4. The molecule has 0 saturated carbocycles. The Morgan fingerprint density at radius 3 is 2.41 bits per heavy atom. The van der Waals surface area contributed by atoms with Crippen LogP contribution in [0.25, 0.3) is 0 Å². The first kappa shape index (κ1) is 23.6. The van der Waals surface area contributed by atoms with Crippen LogP contribution in [0.3, 0.4) is 0 Å². The van der Waals surface area contributed by atoms with Gasteiger partial charge in [-0.25, -0.2) is 23.7 Å². The molecule has 0 aliphatic carbocycles. The van der Waals surface area contributed by atoms with Gasteiger partial charge in [-0.05, 0) is 41.7 Å². The fraction of sp³-hybridized carbons (Fsp3) is 0.200. The minimum absolute atomic E-state index is 0.248. The van der Waals surface area contributed by atoms with Gasteiger partial charge in [0, 0.05) is 30.1 Å². The normalized spacial score (nSPS) is 10.9. The van der Waals surface area contributed by atoms with Crippen molar-refractivity contribution in [3.05, 3.63) is 111 Å². The Balaban J connectivity index is 1.59. The van der Waals surface area contributed by atoms with Crippen molar-refractivity contribution >= 4 is 11.8 Å². The van der Waals surface area contributed by atoms with Gasteiger partial charge in [0.25, 0.3) is 5.56 Å². The van der Waals surface area contributed by atoms with Crippen LogP contribution in [0.2, 0.25) is 0 Å². The van der Waals surface area contributed by atoms with E-state index in [-0.39, 0.29) is 11.6 Å². The molecule has 174 valence electrons. The van der Waals surface area contributed by atoms with Gasteiger partial charge in [0.05, 0.1) is 12.8 Å². The van der Waals surface area contributed by atoms with Crippen molar-refractivity contribution in [3.63, 3.8) is 0 Å². The van der Waals surface area contributed by atoms with Gasteiger partial charge >= 0.3 is 6.01 Å². The van der Waals surface area contributed by atoms with Crippen molar-refractivity contribution in [2.75, 3.05) is 7.11 Å². The lowest BCUT2D eigenvalue weighted by Crippen LogP contribution is -2.20. The van der Waals surface area contributed by atoms with Crippen molar-refractivity contribution in [1.82, 2.24) is 19.9 Å². The monoisotopic (exact) mass is 480 g/mol. The van der Waals surface area contributed by atoms with E-state index in [0.29, 0.717) is 40.6 Å². The summed E-state index contributed by atoms with van der Waals surface area (Å²) in [6.45, 7) is 0. The highest BCUT2D eigenvalue weighted by molar-refractivity contribution is 7.98. The Morgan fingerprint density at radius 1 is 0.941 bits per heavy atom. The summed E-state index contributed by atoms with van der Waals surface area (Å²) < 4.78 is 31.7. The summed E-state index contributed by atoms with van der Waals surface area (Å²) in [5.74, 6) is -1.46. The number of benzene rings is 2. The quantitative estimate of drug-likeness (QED) is 0.280. The Bertz CT molecular complexity index is 1320. The Kier molecular flexibility index (Phi) is 7.64. The summed E-state index contributed by atoms with van der Waals surface area (Å²) >= 11 is 1.26. The molecule has 2 aromatic heterocycles. The first-order chi connectivity index (χ1) is 16.5. The van der Waals surface area contributed by atoms with Crippen LogP contribution >= 0.6 is 11.8 Å². The summed E-state index contributed by atoms with van der Waals surface area (Å²) in [6.07, 6.45) is 4.86. The van der Waals surface area contributed by atoms with Crippen LogP contribution in [-0.2, 0) is 25.0 Å². The summed E-state index contributed by atoms with van der Waals surface area (Å²) in [6, 6.07) is 14.0. The average molecular weight is 481 g/mol. The van der Waals surface area contributed by atoms with Crippen molar-refractivity contribution < 1.29 is 13.5 Å². The molecule has 0 saturated heterocycles. The van der Waals surface area contributed by atoms with Crippen LogP contribution in [0.15, 0.2) is 70.9 Å². The highest BCUT2D eigenvalue weighted by Gasteiger charge is 2.14. The molecular formula is C25H22F2N4O2S. The lowest BCUT2D eigenvalue weighted by molar-refractivity contribution is 0.379. The number of rotatable bonds is 9. The number of aromatic amines is 1. The van der Waals surface area contributed by atoms with Crippen LogP contribution < -0.4 is 10.3 Å². The maximum Gasteiger partial charge on any atom is 0.316 e. The predicted octanol–water partition coefficient (Wildman–Crippen LogP) is 4.52. The molecule has 0 radical (unpaired) electrons. The molecule has 4 aromatic rings. The third kappa shape index (κ3) is 6.05. The number of nitrogens with one attached hydrogen (secondary N) is 1. The molecule has 0 atom stereocenters. The number of H-pyrrole nitrogens is 1. The lowest BCUT2D eigenvalue weighted by Gasteiger charge is -2.11. The molecule has 0 aliphatic rings. The zero-order valence-electron chi connectivity index (χ0n) is 18.4. The first-order valence-corrected chi connectivity index (χ1v) is 11.6. The third-order valence-electron chi connectivity index (χ3n) is 5.18. The highest BCUT2D eigenvalue weighted by atomic mass is 32.2. The molecule has 2 aromatic carbocycles. The maximum atomic E-state index is 13.5. The molecule has 34 heavy (non-hydrogen) atoms. The van der Waals surface area contributed by atoms with Crippen LogP contribution in [-0.4, -0.2) is 27.0 Å². The first-order valence-electron chi connectivity index (χ1n) is 10.6. The van der Waals surface area contributed by atoms with Crippen LogP contribution in [0.1, 0.15) is 27.9 Å². The van der Waals surface area contributed by atoms with Crippen LogP contribution in [0.5, 0.6) is 6.01 Å². The minimum Gasteiger partial charge on any atom is -0.467 e. The lowest BCUT2D eigenvalue weighted by atomic mass is 10.0. The maximum absolute atomic E-state index is 13.5. The van der Waals surface area contributed by atoms with E-state index in [1.807, 2.05) is 30.3 Å². The summed E-state index contributed by atoms with van der Waals surface area (Å²) in [4.78, 5) is 28.8. The van der Waals surface area contributed by atoms with Gasteiger partial charge in [-0.1, -0.05) is 48.2 Å². The van der Waals surface area contributed by atoms with E-state index < -0.39 is 11.6 Å². The van der Waals surface area contributed by atoms with Gasteiger partial charge in [0.1, 0.15) is 0 Å². The number of nitrogens with zero attached hydrogens (tertiary/aromatic N) is 3. The molecule has 0 unspecified atom stereocenters. The van der Waals surface area contributed by atoms with Crippen molar-refractivity contribution in [1.29, 1.82) is 0 Å². The Morgan fingerprint density at radius 2 is 1.71 bits per heavy atom. The molecule has 6 nitrogen and oxygen atoms in total. The summed E-state index contributed by atoms with van der Waals surface area (Å²) in [5, 5.41) is 0.424. The second-order valence-corrected chi connectivity index (χ2v) is 8.54. The number of hydrogen-bond acceptors (Lipinski definition) is 6. The molecule has 0 spiro atoms. The second-order valence-electron chi connectivity index (χ2n) is 7.57. The fourth-order valence-electron chi connectivity index (χ4n) is 3.41. The molecule has 4 rings (SSSR count). The van der Waals surface area contributed by atoms with E-state index in [1.165, 1.54) is 24.9 Å². The van der Waals surface area contributed by atoms with E-state index >= 15 is 0 Å². The zero-order chi connectivity index (χ0) is 23.9. The average Bonchev–Trinajstić information content (AvgIpc) is 2.86. The number of methoxy groups -OCH3 is 1. The standard InChI is InChI=1S/C25H22F2N4O2S/c1-33-24-28-13-18(14-29-24)11-19-22(10-8-16-5-3-2-4-6-16)30-25(31-23(19)32)34-15-17-7-9-20(26)21(27)12-17/h2-7,9,12-14H,8,10-11,15H2,1H3,(H,30,31,32). The largest absolute Gasteiger partial charge is 0.467 e.